The van der Waals surface area contributed by atoms with Crippen molar-refractivity contribution in [1.29, 1.82) is 0 Å². The van der Waals surface area contributed by atoms with Gasteiger partial charge in [-0.25, -0.2) is 4.79 Å². The number of carboxylic acid groups (broad SMARTS) is 1. The van der Waals surface area contributed by atoms with Crippen molar-refractivity contribution < 1.29 is 29.0 Å². The van der Waals surface area contributed by atoms with Gasteiger partial charge in [0.1, 0.15) is 23.4 Å². The standard InChI is InChI=1S/C29H29NO6.C7H13N/c1-28(2,3)36-26(32)22-11-9-20(10-12-22)17-35-24-15-13-21(14-16-24)25(31)30-18-29(19-30,27(33)34)23-7-5-4-6-8-23;1-4-8-5-2-7(1)3-6-8/h4-16H,17-19H2,1-3H3,(H,33,34);7H,1-6H2. The first-order valence-electron chi connectivity index (χ1n) is 15.4. The van der Waals surface area contributed by atoms with Crippen LogP contribution in [0.4, 0.5) is 0 Å². The minimum atomic E-state index is -1.07. The lowest BCUT2D eigenvalue weighted by Gasteiger charge is -2.47. The number of likely N-dealkylation sites (tertiary alicyclic amines) is 1. The lowest BCUT2D eigenvalue weighted by Crippen LogP contribution is -2.65. The fraction of sp³-hybridized carbons (Fsp3) is 0.417. The molecule has 4 aliphatic heterocycles. The Kier molecular flexibility index (Phi) is 9.39. The number of hydrogen-bond donors (Lipinski definition) is 1. The molecule has 3 aromatic carbocycles. The van der Waals surface area contributed by atoms with Crippen LogP contribution < -0.4 is 4.74 Å². The molecule has 232 valence electrons. The lowest BCUT2D eigenvalue weighted by molar-refractivity contribution is -0.149. The second-order valence-electron chi connectivity index (χ2n) is 13.0. The number of rotatable bonds is 7. The maximum absolute atomic E-state index is 12.9. The van der Waals surface area contributed by atoms with Gasteiger partial charge >= 0.3 is 11.9 Å². The number of carbonyl (C=O) groups excluding carboxylic acids is 2. The SMILES string of the molecule is C1CN2CCC1CC2.CC(C)(C)OC(=O)c1ccc(COc2ccc(C(=O)N3CC(C(=O)O)(c4ccccc4)C3)cc2)cc1. The zero-order valence-electron chi connectivity index (χ0n) is 25.8. The van der Waals surface area contributed by atoms with Crippen molar-refractivity contribution in [3.63, 3.8) is 0 Å². The molecule has 4 aliphatic rings. The Morgan fingerprint density at radius 2 is 1.39 bits per heavy atom. The molecular weight excluding hydrogens is 556 g/mol. The average molecular weight is 599 g/mol. The minimum absolute atomic E-state index is 0.128. The highest BCUT2D eigenvalue weighted by Gasteiger charge is 2.52. The van der Waals surface area contributed by atoms with Gasteiger partial charge in [0.05, 0.1) is 5.56 Å². The van der Waals surface area contributed by atoms with Crippen molar-refractivity contribution in [3.05, 3.63) is 101 Å². The smallest absolute Gasteiger partial charge is 0.338 e. The van der Waals surface area contributed by atoms with Crippen LogP contribution in [-0.2, 0) is 21.6 Å². The number of nitrogens with zero attached hydrogens (tertiary/aromatic N) is 2. The molecule has 4 saturated heterocycles. The maximum Gasteiger partial charge on any atom is 0.338 e. The Labute approximate surface area is 259 Å². The van der Waals surface area contributed by atoms with E-state index in [2.05, 4.69) is 4.90 Å². The third-order valence-corrected chi connectivity index (χ3v) is 8.60. The van der Waals surface area contributed by atoms with Gasteiger partial charge < -0.3 is 24.4 Å². The molecule has 0 atom stereocenters. The summed E-state index contributed by atoms with van der Waals surface area (Å²) in [4.78, 5) is 41.1. The Morgan fingerprint density at radius 3 is 1.86 bits per heavy atom. The molecule has 2 bridgehead atoms. The molecule has 0 aliphatic carbocycles. The van der Waals surface area contributed by atoms with E-state index in [1.165, 1.54) is 38.9 Å². The summed E-state index contributed by atoms with van der Waals surface area (Å²) in [7, 11) is 0. The van der Waals surface area contributed by atoms with Crippen LogP contribution in [0.5, 0.6) is 5.75 Å². The number of piperidine rings is 3. The van der Waals surface area contributed by atoms with Crippen molar-refractivity contribution >= 4 is 17.8 Å². The van der Waals surface area contributed by atoms with Crippen LogP contribution in [0.15, 0.2) is 78.9 Å². The predicted molar refractivity (Wildman–Crippen MR) is 168 cm³/mol. The number of fused-ring (bicyclic) bond motifs is 3. The molecule has 0 unspecified atom stereocenters. The summed E-state index contributed by atoms with van der Waals surface area (Å²) in [6.07, 6.45) is 4.46. The largest absolute Gasteiger partial charge is 0.489 e. The Balaban J connectivity index is 0.000000410. The van der Waals surface area contributed by atoms with E-state index in [1.807, 2.05) is 39.0 Å². The van der Waals surface area contributed by atoms with Crippen LogP contribution >= 0.6 is 0 Å². The first-order chi connectivity index (χ1) is 21.0. The van der Waals surface area contributed by atoms with E-state index in [0.717, 1.165) is 11.5 Å². The summed E-state index contributed by atoms with van der Waals surface area (Å²) in [6, 6.07) is 22.8. The molecule has 7 rings (SSSR count). The van der Waals surface area contributed by atoms with Crippen LogP contribution in [-0.4, -0.2) is 71.1 Å². The van der Waals surface area contributed by atoms with Crippen LogP contribution in [0.1, 0.15) is 71.9 Å². The number of carbonyl (C=O) groups is 3. The molecule has 0 radical (unpaired) electrons. The zero-order valence-corrected chi connectivity index (χ0v) is 25.8. The molecule has 0 aromatic heterocycles. The fourth-order valence-electron chi connectivity index (χ4n) is 5.93. The van der Waals surface area contributed by atoms with Gasteiger partial charge in [-0.3, -0.25) is 9.59 Å². The number of benzene rings is 3. The van der Waals surface area contributed by atoms with E-state index in [1.54, 1.807) is 65.6 Å². The van der Waals surface area contributed by atoms with Crippen LogP contribution in [0, 0.1) is 5.92 Å². The van der Waals surface area contributed by atoms with E-state index < -0.39 is 17.0 Å². The molecule has 1 N–H and O–H groups in total. The number of hydrogen-bond acceptors (Lipinski definition) is 6. The summed E-state index contributed by atoms with van der Waals surface area (Å²) in [6.45, 7) is 10.2. The van der Waals surface area contributed by atoms with Gasteiger partial charge in [0.25, 0.3) is 5.91 Å². The van der Waals surface area contributed by atoms with Gasteiger partial charge in [0.2, 0.25) is 0 Å². The number of aliphatic carboxylic acids is 1. The molecule has 0 spiro atoms. The van der Waals surface area contributed by atoms with Gasteiger partial charge in [-0.15, -0.1) is 0 Å². The van der Waals surface area contributed by atoms with Crippen LogP contribution in [0.3, 0.4) is 0 Å². The molecule has 3 aromatic rings. The fourth-order valence-corrected chi connectivity index (χ4v) is 5.93. The first-order valence-corrected chi connectivity index (χ1v) is 15.4. The minimum Gasteiger partial charge on any atom is -0.489 e. The normalized spacial score (nSPS) is 20.0. The average Bonchev–Trinajstić information content (AvgIpc) is 3.01. The van der Waals surface area contributed by atoms with Gasteiger partial charge in [0.15, 0.2) is 0 Å². The molecule has 1 amide bonds. The number of ether oxygens (including phenoxy) is 2. The Hall–Kier alpha value is -4.17. The number of amides is 1. The molecular formula is C36H42N2O6. The van der Waals surface area contributed by atoms with Gasteiger partial charge in [-0.1, -0.05) is 42.5 Å². The topological polar surface area (TPSA) is 96.4 Å². The summed E-state index contributed by atoms with van der Waals surface area (Å²) in [5.74, 6) is 0.185. The van der Waals surface area contributed by atoms with Gasteiger partial charge in [-0.05, 0) is 113 Å². The lowest BCUT2D eigenvalue weighted by atomic mass is 9.73. The van der Waals surface area contributed by atoms with E-state index in [0.29, 0.717) is 29.0 Å². The number of carboxylic acids is 1. The summed E-state index contributed by atoms with van der Waals surface area (Å²) >= 11 is 0. The van der Waals surface area contributed by atoms with Crippen molar-refractivity contribution in [2.75, 3.05) is 32.7 Å². The Bertz CT molecular complexity index is 1410. The van der Waals surface area contributed by atoms with Gasteiger partial charge in [-0.2, -0.15) is 0 Å². The molecule has 4 fully saturated rings. The monoisotopic (exact) mass is 598 g/mol. The van der Waals surface area contributed by atoms with E-state index in [-0.39, 0.29) is 25.0 Å². The van der Waals surface area contributed by atoms with Crippen molar-refractivity contribution in [2.24, 2.45) is 5.92 Å². The van der Waals surface area contributed by atoms with Crippen molar-refractivity contribution in [1.82, 2.24) is 9.80 Å². The zero-order chi connectivity index (χ0) is 31.3. The third-order valence-electron chi connectivity index (χ3n) is 8.60. The van der Waals surface area contributed by atoms with Gasteiger partial charge in [0, 0.05) is 18.7 Å². The van der Waals surface area contributed by atoms with E-state index in [4.69, 9.17) is 9.47 Å². The highest BCUT2D eigenvalue weighted by molar-refractivity contribution is 5.97. The third kappa shape index (κ3) is 7.48. The highest BCUT2D eigenvalue weighted by Crippen LogP contribution is 2.36. The second kappa shape index (κ2) is 13.2. The molecule has 8 nitrogen and oxygen atoms in total. The quantitative estimate of drug-likeness (QED) is 0.344. The molecule has 0 saturated carbocycles. The van der Waals surface area contributed by atoms with E-state index >= 15 is 0 Å². The summed E-state index contributed by atoms with van der Waals surface area (Å²) < 4.78 is 11.2. The summed E-state index contributed by atoms with van der Waals surface area (Å²) in [5, 5.41) is 9.81. The predicted octanol–water partition coefficient (Wildman–Crippen LogP) is 5.80. The molecule has 44 heavy (non-hydrogen) atoms. The molecule has 4 heterocycles. The van der Waals surface area contributed by atoms with Crippen molar-refractivity contribution in [3.8, 4) is 5.75 Å². The molecule has 8 heteroatoms. The first kappa shape index (κ1) is 31.3. The highest BCUT2D eigenvalue weighted by atomic mass is 16.6. The van der Waals surface area contributed by atoms with Crippen molar-refractivity contribution in [2.45, 2.75) is 57.7 Å². The summed E-state index contributed by atoms with van der Waals surface area (Å²) in [5.41, 5.74) is 0.902. The second-order valence-corrected chi connectivity index (χ2v) is 13.0. The van der Waals surface area contributed by atoms with Crippen LogP contribution in [0.25, 0.3) is 0 Å². The van der Waals surface area contributed by atoms with Crippen LogP contribution in [0.2, 0.25) is 0 Å². The number of esters is 1. The Morgan fingerprint density at radius 1 is 0.818 bits per heavy atom. The maximum atomic E-state index is 12.9. The van der Waals surface area contributed by atoms with E-state index in [9.17, 15) is 19.5 Å².